The van der Waals surface area contributed by atoms with E-state index in [1.54, 1.807) is 24.3 Å². The van der Waals surface area contributed by atoms with Gasteiger partial charge in [0.15, 0.2) is 5.69 Å². The normalized spacial score (nSPS) is 11.3. The zero-order chi connectivity index (χ0) is 24.3. The van der Waals surface area contributed by atoms with Crippen molar-refractivity contribution in [3.8, 4) is 5.69 Å². The van der Waals surface area contributed by atoms with Crippen LogP contribution in [0, 0.1) is 17.0 Å². The van der Waals surface area contributed by atoms with Gasteiger partial charge >= 0.3 is 6.18 Å². The Labute approximate surface area is 190 Å². The van der Waals surface area contributed by atoms with Crippen LogP contribution in [-0.2, 0) is 6.54 Å². The van der Waals surface area contributed by atoms with E-state index >= 15 is 0 Å². The fourth-order valence-electron chi connectivity index (χ4n) is 3.13. The number of amides is 1. The third-order valence-electron chi connectivity index (χ3n) is 4.59. The van der Waals surface area contributed by atoms with Crippen molar-refractivity contribution in [1.29, 1.82) is 0 Å². The minimum absolute atomic E-state index is 0.120. The highest BCUT2D eigenvalue weighted by Crippen LogP contribution is 2.24. The van der Waals surface area contributed by atoms with Gasteiger partial charge in [-0.3, -0.25) is 19.7 Å². The van der Waals surface area contributed by atoms with Crippen LogP contribution in [-0.4, -0.2) is 38.2 Å². The first-order chi connectivity index (χ1) is 15.5. The van der Waals surface area contributed by atoms with Crippen molar-refractivity contribution in [3.63, 3.8) is 0 Å². The van der Waals surface area contributed by atoms with Crippen LogP contribution in [0.2, 0.25) is 5.02 Å². The smallest absolute Gasteiger partial charge is 0.323 e. The molecule has 1 heterocycles. The molecule has 0 N–H and O–H groups in total. The molecule has 172 valence electrons. The van der Waals surface area contributed by atoms with Gasteiger partial charge in [-0.15, -0.1) is 0 Å². The number of para-hydroxylation sites is 1. The minimum atomic E-state index is -4.82. The number of benzene rings is 2. The second kappa shape index (κ2) is 9.41. The lowest BCUT2D eigenvalue weighted by Gasteiger charge is -2.24. The molecule has 0 aliphatic heterocycles. The topological polar surface area (TPSA) is 98.3 Å². The van der Waals surface area contributed by atoms with Crippen LogP contribution >= 0.6 is 11.6 Å². The number of carbonyl (C=O) groups excluding carboxylic acids is 1. The van der Waals surface area contributed by atoms with E-state index in [0.717, 1.165) is 12.1 Å². The number of nitro benzene ring substituents is 1. The van der Waals surface area contributed by atoms with Gasteiger partial charge in [-0.25, -0.2) is 4.68 Å². The van der Waals surface area contributed by atoms with Crippen LogP contribution in [0.4, 0.5) is 18.9 Å². The van der Waals surface area contributed by atoms with Gasteiger partial charge in [0.25, 0.3) is 11.6 Å². The molecular formula is C21H16ClF3N4O4. The summed E-state index contributed by atoms with van der Waals surface area (Å²) in [6.07, 6.45) is -4.82. The van der Waals surface area contributed by atoms with Crippen molar-refractivity contribution in [2.45, 2.75) is 19.6 Å². The maximum Gasteiger partial charge on any atom is 0.406 e. The number of hydrogen-bond donors (Lipinski definition) is 0. The molecule has 0 saturated carbocycles. The van der Waals surface area contributed by atoms with Crippen LogP contribution < -0.4 is 5.43 Å². The molecule has 2 aromatic carbocycles. The summed E-state index contributed by atoms with van der Waals surface area (Å²) in [5.74, 6) is -1.31. The zero-order valence-corrected chi connectivity index (χ0v) is 17.8. The van der Waals surface area contributed by atoms with E-state index in [1.807, 2.05) is 0 Å². The Morgan fingerprint density at radius 1 is 1.18 bits per heavy atom. The SMILES string of the molecule is Cc1cc(=O)c(C(=O)N(Cc2ccccc2[N+](=O)[O-])CC(F)(F)F)nn1-c1ccc(Cl)cc1. The Morgan fingerprint density at radius 2 is 1.82 bits per heavy atom. The van der Waals surface area contributed by atoms with E-state index in [2.05, 4.69) is 5.10 Å². The maximum absolute atomic E-state index is 13.2. The predicted molar refractivity (Wildman–Crippen MR) is 113 cm³/mol. The summed E-state index contributed by atoms with van der Waals surface area (Å²) in [5, 5.41) is 15.7. The van der Waals surface area contributed by atoms with Crippen LogP contribution in [0.5, 0.6) is 0 Å². The van der Waals surface area contributed by atoms with E-state index in [1.165, 1.54) is 29.8 Å². The lowest BCUT2D eigenvalue weighted by Crippen LogP contribution is -2.41. The van der Waals surface area contributed by atoms with E-state index in [-0.39, 0.29) is 5.56 Å². The van der Waals surface area contributed by atoms with E-state index in [9.17, 15) is 32.9 Å². The summed E-state index contributed by atoms with van der Waals surface area (Å²) in [6.45, 7) is -0.933. The summed E-state index contributed by atoms with van der Waals surface area (Å²) < 4.78 is 41.0. The highest BCUT2D eigenvalue weighted by Gasteiger charge is 2.35. The zero-order valence-electron chi connectivity index (χ0n) is 17.0. The number of alkyl halides is 3. The van der Waals surface area contributed by atoms with Crippen molar-refractivity contribution in [2.75, 3.05) is 6.54 Å². The molecule has 0 unspecified atom stereocenters. The lowest BCUT2D eigenvalue weighted by atomic mass is 10.1. The third-order valence-corrected chi connectivity index (χ3v) is 4.84. The fourth-order valence-corrected chi connectivity index (χ4v) is 3.26. The maximum atomic E-state index is 13.2. The van der Waals surface area contributed by atoms with Crippen molar-refractivity contribution < 1.29 is 22.9 Å². The quantitative estimate of drug-likeness (QED) is 0.387. The van der Waals surface area contributed by atoms with Crippen molar-refractivity contribution in [3.05, 3.63) is 96.9 Å². The summed E-state index contributed by atoms with van der Waals surface area (Å²) in [7, 11) is 0. The molecule has 0 aliphatic carbocycles. The molecule has 0 bridgehead atoms. The van der Waals surface area contributed by atoms with E-state index < -0.39 is 46.9 Å². The molecule has 0 aliphatic rings. The van der Waals surface area contributed by atoms with Gasteiger partial charge in [0, 0.05) is 28.4 Å². The highest BCUT2D eigenvalue weighted by molar-refractivity contribution is 6.30. The summed E-state index contributed by atoms with van der Waals surface area (Å²) in [5.41, 5.74) is -1.44. The number of halogens is 4. The molecule has 1 amide bonds. The molecule has 8 nitrogen and oxygen atoms in total. The van der Waals surface area contributed by atoms with Crippen LogP contribution in [0.1, 0.15) is 21.7 Å². The van der Waals surface area contributed by atoms with Gasteiger partial charge in [0.2, 0.25) is 5.43 Å². The second-order valence-electron chi connectivity index (χ2n) is 7.05. The third kappa shape index (κ3) is 5.75. The molecule has 12 heteroatoms. The Balaban J connectivity index is 2.06. The first-order valence-electron chi connectivity index (χ1n) is 9.41. The average Bonchev–Trinajstić information content (AvgIpc) is 2.73. The largest absolute Gasteiger partial charge is 0.406 e. The minimum Gasteiger partial charge on any atom is -0.323 e. The average molecular weight is 481 g/mol. The number of hydrogen-bond acceptors (Lipinski definition) is 5. The Hall–Kier alpha value is -3.73. The number of aryl methyl sites for hydroxylation is 1. The number of nitro groups is 1. The molecule has 33 heavy (non-hydrogen) atoms. The molecule has 3 aromatic rings. The predicted octanol–water partition coefficient (Wildman–Crippen LogP) is 4.31. The number of aromatic nitrogens is 2. The Morgan fingerprint density at radius 3 is 2.42 bits per heavy atom. The molecule has 0 fully saturated rings. The lowest BCUT2D eigenvalue weighted by molar-refractivity contribution is -0.385. The number of carbonyl (C=O) groups is 1. The summed E-state index contributed by atoms with van der Waals surface area (Å²) >= 11 is 5.87. The highest BCUT2D eigenvalue weighted by atomic mass is 35.5. The molecule has 0 saturated heterocycles. The van der Waals surface area contributed by atoms with Gasteiger partial charge < -0.3 is 4.90 Å². The van der Waals surface area contributed by atoms with Crippen LogP contribution in [0.25, 0.3) is 5.69 Å². The summed E-state index contributed by atoms with van der Waals surface area (Å²) in [4.78, 5) is 36.3. The van der Waals surface area contributed by atoms with Crippen molar-refractivity contribution in [1.82, 2.24) is 14.7 Å². The molecule has 0 spiro atoms. The summed E-state index contributed by atoms with van der Waals surface area (Å²) in [6, 6.07) is 12.4. The van der Waals surface area contributed by atoms with Crippen LogP contribution in [0.15, 0.2) is 59.4 Å². The van der Waals surface area contributed by atoms with Gasteiger partial charge in [-0.1, -0.05) is 29.8 Å². The molecule has 0 radical (unpaired) electrons. The Kier molecular flexibility index (Phi) is 6.82. The molecule has 3 rings (SSSR count). The number of nitrogens with zero attached hydrogens (tertiary/aromatic N) is 4. The Bertz CT molecular complexity index is 1260. The van der Waals surface area contributed by atoms with E-state index in [0.29, 0.717) is 21.3 Å². The van der Waals surface area contributed by atoms with Gasteiger partial charge in [-0.2, -0.15) is 18.3 Å². The first-order valence-corrected chi connectivity index (χ1v) is 9.79. The van der Waals surface area contributed by atoms with Gasteiger partial charge in [0.05, 0.1) is 17.2 Å². The fraction of sp³-hybridized carbons (Fsp3) is 0.190. The van der Waals surface area contributed by atoms with Crippen molar-refractivity contribution in [2.24, 2.45) is 0 Å². The standard InChI is InChI=1S/C21H16ClF3N4O4/c1-13-10-18(30)19(26-28(13)16-8-6-15(22)7-9-16)20(31)27(12-21(23,24)25)11-14-4-2-3-5-17(14)29(32)33/h2-10H,11-12H2,1H3. The molecule has 1 aromatic heterocycles. The van der Waals surface area contributed by atoms with Gasteiger partial charge in [-0.05, 0) is 31.2 Å². The molecule has 0 atom stereocenters. The molecular weight excluding hydrogens is 465 g/mol. The van der Waals surface area contributed by atoms with E-state index in [4.69, 9.17) is 11.6 Å². The second-order valence-corrected chi connectivity index (χ2v) is 7.49. The monoisotopic (exact) mass is 480 g/mol. The van der Waals surface area contributed by atoms with Crippen LogP contribution in [0.3, 0.4) is 0 Å². The first kappa shape index (κ1) is 23.9. The number of rotatable bonds is 6. The van der Waals surface area contributed by atoms with Crippen molar-refractivity contribution >= 4 is 23.2 Å². The van der Waals surface area contributed by atoms with Gasteiger partial charge in [0.1, 0.15) is 6.54 Å².